The van der Waals surface area contributed by atoms with Crippen LogP contribution in [-0.2, 0) is 9.53 Å². The minimum atomic E-state index is 0.0936. The maximum atomic E-state index is 11.8. The van der Waals surface area contributed by atoms with E-state index in [1.165, 1.54) is 0 Å². The second-order valence-corrected chi connectivity index (χ2v) is 4.33. The number of aromatic amines is 1. The lowest BCUT2D eigenvalue weighted by Gasteiger charge is -2.32. The number of rotatable bonds is 4. The standard InChI is InChI=1S/C12H19N3O2/c1-2-17-9-12(16)15-7-3-4-10(8-15)11-5-6-13-14-11/h5-6,10H,2-4,7-9H2,1H3,(H,13,14). The second kappa shape index (κ2) is 5.82. The van der Waals surface area contributed by atoms with Crippen LogP contribution in [-0.4, -0.2) is 47.3 Å². The molecule has 1 saturated heterocycles. The van der Waals surface area contributed by atoms with Crippen LogP contribution < -0.4 is 0 Å². The van der Waals surface area contributed by atoms with E-state index in [0.717, 1.165) is 31.6 Å². The third-order valence-electron chi connectivity index (χ3n) is 3.17. The molecule has 17 heavy (non-hydrogen) atoms. The van der Waals surface area contributed by atoms with Crippen molar-refractivity contribution >= 4 is 5.91 Å². The molecule has 1 aromatic heterocycles. The summed E-state index contributed by atoms with van der Waals surface area (Å²) in [5.74, 6) is 0.480. The van der Waals surface area contributed by atoms with Crippen LogP contribution >= 0.6 is 0 Å². The molecule has 1 aliphatic heterocycles. The summed E-state index contributed by atoms with van der Waals surface area (Å²) in [6.45, 7) is 4.30. The van der Waals surface area contributed by atoms with Gasteiger partial charge in [-0.25, -0.2) is 0 Å². The van der Waals surface area contributed by atoms with Crippen LogP contribution in [0.2, 0.25) is 0 Å². The van der Waals surface area contributed by atoms with Crippen LogP contribution in [0.5, 0.6) is 0 Å². The molecule has 1 amide bonds. The molecule has 0 bridgehead atoms. The fourth-order valence-corrected chi connectivity index (χ4v) is 2.23. The van der Waals surface area contributed by atoms with Crippen molar-refractivity contribution in [2.24, 2.45) is 0 Å². The number of hydrogen-bond acceptors (Lipinski definition) is 3. The average Bonchev–Trinajstić information content (AvgIpc) is 2.90. The van der Waals surface area contributed by atoms with Crippen molar-refractivity contribution < 1.29 is 9.53 Å². The van der Waals surface area contributed by atoms with Crippen molar-refractivity contribution in [2.75, 3.05) is 26.3 Å². The molecule has 1 N–H and O–H groups in total. The van der Waals surface area contributed by atoms with Gasteiger partial charge in [0, 0.05) is 37.5 Å². The fraction of sp³-hybridized carbons (Fsp3) is 0.667. The lowest BCUT2D eigenvalue weighted by Crippen LogP contribution is -2.41. The molecular weight excluding hydrogens is 218 g/mol. The first-order chi connectivity index (χ1) is 8.31. The SMILES string of the molecule is CCOCC(=O)N1CCCC(c2ccn[nH]2)C1. The lowest BCUT2D eigenvalue weighted by atomic mass is 9.95. The van der Waals surface area contributed by atoms with Gasteiger partial charge in [-0.15, -0.1) is 0 Å². The second-order valence-electron chi connectivity index (χ2n) is 4.33. The van der Waals surface area contributed by atoms with Gasteiger partial charge in [-0.05, 0) is 25.8 Å². The molecule has 1 fully saturated rings. The van der Waals surface area contributed by atoms with Crippen molar-refractivity contribution in [3.8, 4) is 0 Å². The molecule has 1 aliphatic rings. The third-order valence-corrected chi connectivity index (χ3v) is 3.17. The number of hydrogen-bond donors (Lipinski definition) is 1. The van der Waals surface area contributed by atoms with Crippen molar-refractivity contribution in [3.05, 3.63) is 18.0 Å². The van der Waals surface area contributed by atoms with Gasteiger partial charge in [-0.2, -0.15) is 5.10 Å². The van der Waals surface area contributed by atoms with E-state index in [4.69, 9.17) is 4.74 Å². The highest BCUT2D eigenvalue weighted by Crippen LogP contribution is 2.25. The summed E-state index contributed by atoms with van der Waals surface area (Å²) in [5.41, 5.74) is 1.12. The van der Waals surface area contributed by atoms with Crippen LogP contribution in [0, 0.1) is 0 Å². The van der Waals surface area contributed by atoms with Crippen molar-refractivity contribution in [1.29, 1.82) is 0 Å². The molecule has 0 saturated carbocycles. The first-order valence-electron chi connectivity index (χ1n) is 6.16. The molecule has 5 heteroatoms. The summed E-state index contributed by atoms with van der Waals surface area (Å²) in [6, 6.07) is 1.99. The molecule has 1 aromatic rings. The quantitative estimate of drug-likeness (QED) is 0.854. The largest absolute Gasteiger partial charge is 0.372 e. The molecule has 1 unspecified atom stereocenters. The Labute approximate surface area is 101 Å². The summed E-state index contributed by atoms with van der Waals surface area (Å²) in [4.78, 5) is 13.7. The van der Waals surface area contributed by atoms with E-state index in [2.05, 4.69) is 10.2 Å². The number of aromatic nitrogens is 2. The normalized spacial score (nSPS) is 20.5. The zero-order valence-corrected chi connectivity index (χ0v) is 10.2. The van der Waals surface area contributed by atoms with Gasteiger partial charge in [0.1, 0.15) is 6.61 Å². The predicted molar refractivity (Wildman–Crippen MR) is 63.6 cm³/mol. The van der Waals surface area contributed by atoms with Gasteiger partial charge in [0.05, 0.1) is 0 Å². The van der Waals surface area contributed by atoms with E-state index in [1.807, 2.05) is 17.9 Å². The van der Waals surface area contributed by atoms with Gasteiger partial charge >= 0.3 is 0 Å². The number of nitrogens with zero attached hydrogens (tertiary/aromatic N) is 2. The van der Waals surface area contributed by atoms with E-state index in [-0.39, 0.29) is 12.5 Å². The van der Waals surface area contributed by atoms with Gasteiger partial charge in [0.15, 0.2) is 0 Å². The van der Waals surface area contributed by atoms with E-state index < -0.39 is 0 Å². The molecule has 0 radical (unpaired) electrons. The smallest absolute Gasteiger partial charge is 0.248 e. The van der Waals surface area contributed by atoms with Crippen molar-refractivity contribution in [2.45, 2.75) is 25.7 Å². The molecule has 0 aromatic carbocycles. The van der Waals surface area contributed by atoms with Crippen molar-refractivity contribution in [1.82, 2.24) is 15.1 Å². The molecule has 5 nitrogen and oxygen atoms in total. The van der Waals surface area contributed by atoms with Crippen LogP contribution in [0.25, 0.3) is 0 Å². The number of piperidine rings is 1. The Morgan fingerprint density at radius 3 is 3.29 bits per heavy atom. The zero-order chi connectivity index (χ0) is 12.1. The van der Waals surface area contributed by atoms with E-state index in [9.17, 15) is 4.79 Å². The molecule has 0 spiro atoms. The lowest BCUT2D eigenvalue weighted by molar-refractivity contribution is -0.137. The van der Waals surface area contributed by atoms with Gasteiger partial charge in [0.2, 0.25) is 5.91 Å². The Morgan fingerprint density at radius 2 is 2.59 bits per heavy atom. The number of amides is 1. The molecular formula is C12H19N3O2. The molecule has 94 valence electrons. The predicted octanol–water partition coefficient (Wildman–Crippen LogP) is 1.15. The monoisotopic (exact) mass is 237 g/mol. The summed E-state index contributed by atoms with van der Waals surface area (Å²) in [6.07, 6.45) is 3.92. The topological polar surface area (TPSA) is 58.2 Å². The third kappa shape index (κ3) is 3.06. The minimum absolute atomic E-state index is 0.0936. The minimum Gasteiger partial charge on any atom is -0.372 e. The summed E-state index contributed by atoms with van der Waals surface area (Å²) in [5, 5.41) is 6.95. The maximum Gasteiger partial charge on any atom is 0.248 e. The Morgan fingerprint density at radius 1 is 1.71 bits per heavy atom. The van der Waals surface area contributed by atoms with Gasteiger partial charge < -0.3 is 9.64 Å². The average molecular weight is 237 g/mol. The first kappa shape index (κ1) is 12.1. The highest BCUT2D eigenvalue weighted by atomic mass is 16.5. The van der Waals surface area contributed by atoms with Crippen LogP contribution in [0.1, 0.15) is 31.4 Å². The Hall–Kier alpha value is -1.36. The summed E-state index contributed by atoms with van der Waals surface area (Å²) >= 11 is 0. The Kier molecular flexibility index (Phi) is 4.14. The zero-order valence-electron chi connectivity index (χ0n) is 10.2. The first-order valence-corrected chi connectivity index (χ1v) is 6.16. The molecule has 1 atom stereocenters. The van der Waals surface area contributed by atoms with Gasteiger partial charge in [-0.3, -0.25) is 9.89 Å². The number of H-pyrrole nitrogens is 1. The maximum absolute atomic E-state index is 11.8. The van der Waals surface area contributed by atoms with Gasteiger partial charge in [-0.1, -0.05) is 0 Å². The number of carbonyl (C=O) groups is 1. The van der Waals surface area contributed by atoms with Crippen LogP contribution in [0.3, 0.4) is 0 Å². The Bertz CT molecular complexity index is 351. The van der Waals surface area contributed by atoms with E-state index >= 15 is 0 Å². The highest BCUT2D eigenvalue weighted by molar-refractivity contribution is 5.77. The van der Waals surface area contributed by atoms with Crippen LogP contribution in [0.15, 0.2) is 12.3 Å². The summed E-state index contributed by atoms with van der Waals surface area (Å²) < 4.78 is 5.16. The fourth-order valence-electron chi connectivity index (χ4n) is 2.23. The van der Waals surface area contributed by atoms with E-state index in [0.29, 0.717) is 12.5 Å². The van der Waals surface area contributed by atoms with Crippen molar-refractivity contribution in [3.63, 3.8) is 0 Å². The molecule has 0 aliphatic carbocycles. The number of ether oxygens (including phenoxy) is 1. The van der Waals surface area contributed by atoms with E-state index in [1.54, 1.807) is 6.20 Å². The number of carbonyl (C=O) groups excluding carboxylic acids is 1. The molecule has 2 heterocycles. The Balaban J connectivity index is 1.90. The summed E-state index contributed by atoms with van der Waals surface area (Å²) in [7, 11) is 0. The number of nitrogens with one attached hydrogen (secondary N) is 1. The molecule has 2 rings (SSSR count). The van der Waals surface area contributed by atoms with Crippen LogP contribution in [0.4, 0.5) is 0 Å². The number of likely N-dealkylation sites (tertiary alicyclic amines) is 1. The van der Waals surface area contributed by atoms with Gasteiger partial charge in [0.25, 0.3) is 0 Å². The highest BCUT2D eigenvalue weighted by Gasteiger charge is 2.25.